The summed E-state index contributed by atoms with van der Waals surface area (Å²) in [7, 11) is 1.74. The lowest BCUT2D eigenvalue weighted by atomic mass is 10.2. The Labute approximate surface area is 117 Å². The Morgan fingerprint density at radius 1 is 1.55 bits per heavy atom. The summed E-state index contributed by atoms with van der Waals surface area (Å²) < 4.78 is 6.94. The molecule has 1 aromatic rings. The summed E-state index contributed by atoms with van der Waals surface area (Å²) in [4.78, 5) is 24.8. The van der Waals surface area contributed by atoms with Crippen LogP contribution in [0.2, 0.25) is 0 Å². The predicted octanol–water partition coefficient (Wildman–Crippen LogP) is 0.298. The number of ether oxygens (including phenoxy) is 1. The molecule has 1 saturated heterocycles. The maximum absolute atomic E-state index is 12.4. The van der Waals surface area contributed by atoms with Gasteiger partial charge in [-0.2, -0.15) is 5.10 Å². The zero-order valence-corrected chi connectivity index (χ0v) is 11.7. The Morgan fingerprint density at radius 3 is 2.90 bits per heavy atom. The van der Waals surface area contributed by atoms with Crippen LogP contribution in [0.25, 0.3) is 0 Å². The van der Waals surface area contributed by atoms with E-state index in [0.717, 1.165) is 12.1 Å². The van der Waals surface area contributed by atoms with Crippen molar-refractivity contribution in [1.29, 1.82) is 0 Å². The number of rotatable bonds is 4. The van der Waals surface area contributed by atoms with Gasteiger partial charge in [-0.05, 0) is 12.5 Å². The summed E-state index contributed by atoms with van der Waals surface area (Å²) in [5, 5.41) is 13.0. The van der Waals surface area contributed by atoms with E-state index in [1.165, 1.54) is 0 Å². The second-order valence-electron chi connectivity index (χ2n) is 4.84. The van der Waals surface area contributed by atoms with Gasteiger partial charge in [-0.3, -0.25) is 14.3 Å². The Kier molecular flexibility index (Phi) is 4.39. The third-order valence-electron chi connectivity index (χ3n) is 3.34. The Balaban J connectivity index is 2.07. The number of carbonyl (C=O) groups is 2. The van der Waals surface area contributed by atoms with Gasteiger partial charge in [0.15, 0.2) is 0 Å². The van der Waals surface area contributed by atoms with Gasteiger partial charge in [-0.15, -0.1) is 0 Å². The van der Waals surface area contributed by atoms with Crippen molar-refractivity contribution in [1.82, 2.24) is 14.7 Å². The van der Waals surface area contributed by atoms with E-state index in [4.69, 9.17) is 9.84 Å². The number of hydrogen-bond donors (Lipinski definition) is 1. The van der Waals surface area contributed by atoms with Gasteiger partial charge in [-0.25, -0.2) is 0 Å². The Bertz CT molecular complexity index is 512. The smallest absolute Gasteiger partial charge is 0.306 e. The molecular formula is C13H19N3O4. The summed E-state index contributed by atoms with van der Waals surface area (Å²) in [6.45, 7) is 3.12. The quantitative estimate of drug-likeness (QED) is 0.858. The molecule has 1 aliphatic rings. The van der Waals surface area contributed by atoms with Gasteiger partial charge in [0.2, 0.25) is 0 Å². The first-order chi connectivity index (χ1) is 9.51. The second-order valence-corrected chi connectivity index (χ2v) is 4.84. The third kappa shape index (κ3) is 3.16. The van der Waals surface area contributed by atoms with E-state index in [-0.39, 0.29) is 12.3 Å². The maximum atomic E-state index is 12.4. The van der Waals surface area contributed by atoms with Crippen LogP contribution in [0, 0.1) is 0 Å². The van der Waals surface area contributed by atoms with Crippen LogP contribution in [0.4, 0.5) is 0 Å². The fourth-order valence-electron chi connectivity index (χ4n) is 2.28. The van der Waals surface area contributed by atoms with Gasteiger partial charge in [0, 0.05) is 20.1 Å². The normalized spacial score (nSPS) is 19.1. The van der Waals surface area contributed by atoms with Crippen LogP contribution in [0.1, 0.15) is 29.5 Å². The molecule has 0 bridgehead atoms. The fourth-order valence-corrected chi connectivity index (χ4v) is 2.28. The number of aliphatic carboxylic acids is 1. The van der Waals surface area contributed by atoms with Crippen LogP contribution >= 0.6 is 0 Å². The number of hydrogen-bond acceptors (Lipinski definition) is 4. The molecular weight excluding hydrogens is 262 g/mol. The summed E-state index contributed by atoms with van der Waals surface area (Å²) in [6, 6.07) is 1.78. The average Bonchev–Trinajstić information content (AvgIpc) is 2.79. The van der Waals surface area contributed by atoms with Crippen LogP contribution in [0.3, 0.4) is 0 Å². The number of aromatic nitrogens is 2. The van der Waals surface area contributed by atoms with Crippen LogP contribution in [-0.2, 0) is 23.0 Å². The summed E-state index contributed by atoms with van der Waals surface area (Å²) in [5.74, 6) is -1.04. The van der Waals surface area contributed by atoms with E-state index in [2.05, 4.69) is 5.10 Å². The van der Waals surface area contributed by atoms with Crippen molar-refractivity contribution in [2.75, 3.05) is 19.7 Å². The standard InChI is InChI=1S/C13H19N3O4/c1-3-9-6-11(15(2)14-9)13(19)16-4-5-20-10(8-16)7-12(17)18/h6,10H,3-5,7-8H2,1-2H3,(H,17,18). The molecule has 20 heavy (non-hydrogen) atoms. The van der Waals surface area contributed by atoms with Crippen molar-refractivity contribution in [2.45, 2.75) is 25.9 Å². The number of nitrogens with zero attached hydrogens (tertiary/aromatic N) is 3. The second kappa shape index (κ2) is 6.04. The van der Waals surface area contributed by atoms with Gasteiger partial charge in [0.05, 0.1) is 24.8 Å². The highest BCUT2D eigenvalue weighted by molar-refractivity contribution is 5.92. The molecule has 1 amide bonds. The molecule has 1 fully saturated rings. The zero-order valence-electron chi connectivity index (χ0n) is 11.7. The summed E-state index contributed by atoms with van der Waals surface area (Å²) >= 11 is 0. The first kappa shape index (κ1) is 14.5. The number of aryl methyl sites for hydroxylation is 2. The highest BCUT2D eigenvalue weighted by atomic mass is 16.5. The van der Waals surface area contributed by atoms with Gasteiger partial charge in [-0.1, -0.05) is 6.92 Å². The Morgan fingerprint density at radius 2 is 2.30 bits per heavy atom. The average molecular weight is 281 g/mol. The molecule has 1 aromatic heterocycles. The van der Waals surface area contributed by atoms with Gasteiger partial charge in [0.1, 0.15) is 5.69 Å². The monoisotopic (exact) mass is 281 g/mol. The molecule has 7 heteroatoms. The lowest BCUT2D eigenvalue weighted by Crippen LogP contribution is -2.46. The van der Waals surface area contributed by atoms with E-state index in [0.29, 0.717) is 25.4 Å². The lowest BCUT2D eigenvalue weighted by Gasteiger charge is -2.32. The molecule has 0 aromatic carbocycles. The molecule has 1 atom stereocenters. The molecule has 2 heterocycles. The van der Waals surface area contributed by atoms with Crippen molar-refractivity contribution >= 4 is 11.9 Å². The highest BCUT2D eigenvalue weighted by Gasteiger charge is 2.28. The predicted molar refractivity (Wildman–Crippen MR) is 70.5 cm³/mol. The first-order valence-electron chi connectivity index (χ1n) is 6.66. The fraction of sp³-hybridized carbons (Fsp3) is 0.615. The van der Waals surface area contributed by atoms with Crippen molar-refractivity contribution in [3.05, 3.63) is 17.5 Å². The molecule has 7 nitrogen and oxygen atoms in total. The summed E-state index contributed by atoms with van der Waals surface area (Å²) in [5.41, 5.74) is 1.39. The molecule has 1 N–H and O–H groups in total. The van der Waals surface area contributed by atoms with Crippen molar-refractivity contribution in [3.8, 4) is 0 Å². The molecule has 110 valence electrons. The lowest BCUT2D eigenvalue weighted by molar-refractivity contribution is -0.141. The highest BCUT2D eigenvalue weighted by Crippen LogP contribution is 2.13. The molecule has 0 saturated carbocycles. The van der Waals surface area contributed by atoms with Gasteiger partial charge >= 0.3 is 5.97 Å². The van der Waals surface area contributed by atoms with E-state index >= 15 is 0 Å². The van der Waals surface area contributed by atoms with E-state index in [9.17, 15) is 9.59 Å². The number of carboxylic acid groups (broad SMARTS) is 1. The number of amides is 1. The van der Waals surface area contributed by atoms with Crippen LogP contribution in [-0.4, -0.2) is 57.5 Å². The molecule has 2 rings (SSSR count). The Hall–Kier alpha value is -1.89. The van der Waals surface area contributed by atoms with E-state index in [1.54, 1.807) is 22.7 Å². The van der Waals surface area contributed by atoms with Crippen LogP contribution in [0.15, 0.2) is 6.07 Å². The zero-order chi connectivity index (χ0) is 14.7. The van der Waals surface area contributed by atoms with Crippen molar-refractivity contribution in [2.24, 2.45) is 7.05 Å². The minimum atomic E-state index is -0.918. The number of morpholine rings is 1. The SMILES string of the molecule is CCc1cc(C(=O)N2CCOC(CC(=O)O)C2)n(C)n1. The van der Waals surface area contributed by atoms with Crippen molar-refractivity contribution in [3.63, 3.8) is 0 Å². The van der Waals surface area contributed by atoms with Crippen molar-refractivity contribution < 1.29 is 19.4 Å². The summed E-state index contributed by atoms with van der Waals surface area (Å²) in [6.07, 6.45) is 0.241. The molecule has 0 aliphatic carbocycles. The molecule has 1 unspecified atom stereocenters. The molecule has 0 spiro atoms. The third-order valence-corrected chi connectivity index (χ3v) is 3.34. The van der Waals surface area contributed by atoms with E-state index in [1.807, 2.05) is 6.92 Å². The van der Waals surface area contributed by atoms with Gasteiger partial charge in [0.25, 0.3) is 5.91 Å². The largest absolute Gasteiger partial charge is 0.481 e. The maximum Gasteiger partial charge on any atom is 0.306 e. The minimum Gasteiger partial charge on any atom is -0.481 e. The topological polar surface area (TPSA) is 84.7 Å². The minimum absolute atomic E-state index is 0.0879. The molecule has 1 aliphatic heterocycles. The molecule has 0 radical (unpaired) electrons. The van der Waals surface area contributed by atoms with Crippen LogP contribution < -0.4 is 0 Å². The van der Waals surface area contributed by atoms with Gasteiger partial charge < -0.3 is 14.7 Å². The number of carbonyl (C=O) groups excluding carboxylic acids is 1. The number of carboxylic acids is 1. The van der Waals surface area contributed by atoms with Crippen LogP contribution in [0.5, 0.6) is 0 Å². The first-order valence-corrected chi connectivity index (χ1v) is 6.66. The van der Waals surface area contributed by atoms with E-state index < -0.39 is 12.1 Å².